The first kappa shape index (κ1) is 16.0. The number of imide groups is 1. The SMILES string of the molecule is NC(=O)NC(=O)[C@H](c1ccccc1)N1CC[C@H]2CCCC[C@@H]2C1. The van der Waals surface area contributed by atoms with Gasteiger partial charge in [0, 0.05) is 6.54 Å². The van der Waals surface area contributed by atoms with E-state index in [0.717, 1.165) is 31.0 Å². The minimum Gasteiger partial charge on any atom is -0.351 e. The van der Waals surface area contributed by atoms with Crippen LogP contribution >= 0.6 is 0 Å². The number of carbonyl (C=O) groups excluding carboxylic acids is 2. The van der Waals surface area contributed by atoms with E-state index < -0.39 is 12.1 Å². The summed E-state index contributed by atoms with van der Waals surface area (Å²) >= 11 is 0. The first-order chi connectivity index (χ1) is 11.1. The number of likely N-dealkylation sites (tertiary alicyclic amines) is 1. The van der Waals surface area contributed by atoms with Gasteiger partial charge in [0.15, 0.2) is 0 Å². The lowest BCUT2D eigenvalue weighted by atomic mass is 9.74. The molecule has 124 valence electrons. The Morgan fingerprint density at radius 1 is 1.09 bits per heavy atom. The number of nitrogens with zero attached hydrogens (tertiary/aromatic N) is 1. The van der Waals surface area contributed by atoms with Crippen LogP contribution in [0, 0.1) is 11.8 Å². The van der Waals surface area contributed by atoms with Crippen LogP contribution in [0.2, 0.25) is 0 Å². The van der Waals surface area contributed by atoms with Crippen LogP contribution in [0.4, 0.5) is 4.79 Å². The molecule has 1 aliphatic heterocycles. The molecule has 5 heteroatoms. The second-order valence-corrected chi connectivity index (χ2v) is 6.75. The Morgan fingerprint density at radius 3 is 2.48 bits per heavy atom. The van der Waals surface area contributed by atoms with E-state index in [0.29, 0.717) is 5.92 Å². The van der Waals surface area contributed by atoms with Crippen molar-refractivity contribution in [1.29, 1.82) is 0 Å². The summed E-state index contributed by atoms with van der Waals surface area (Å²) < 4.78 is 0. The Labute approximate surface area is 137 Å². The lowest BCUT2D eigenvalue weighted by Gasteiger charge is -2.43. The summed E-state index contributed by atoms with van der Waals surface area (Å²) in [6.07, 6.45) is 6.34. The molecule has 0 spiro atoms. The maximum absolute atomic E-state index is 12.6. The average Bonchev–Trinajstić information content (AvgIpc) is 2.55. The van der Waals surface area contributed by atoms with Gasteiger partial charge in [-0.25, -0.2) is 4.79 Å². The van der Waals surface area contributed by atoms with E-state index in [9.17, 15) is 9.59 Å². The van der Waals surface area contributed by atoms with Crippen LogP contribution in [0.25, 0.3) is 0 Å². The van der Waals surface area contributed by atoms with Crippen LogP contribution in [-0.2, 0) is 4.79 Å². The van der Waals surface area contributed by atoms with E-state index in [4.69, 9.17) is 5.73 Å². The summed E-state index contributed by atoms with van der Waals surface area (Å²) in [7, 11) is 0. The average molecular weight is 315 g/mol. The smallest absolute Gasteiger partial charge is 0.318 e. The fourth-order valence-electron chi connectivity index (χ4n) is 4.22. The third kappa shape index (κ3) is 3.72. The number of benzene rings is 1. The van der Waals surface area contributed by atoms with Gasteiger partial charge >= 0.3 is 6.03 Å². The third-order valence-electron chi connectivity index (χ3n) is 5.30. The number of fused-ring (bicyclic) bond motifs is 1. The molecule has 0 aromatic heterocycles. The highest BCUT2D eigenvalue weighted by atomic mass is 16.2. The number of amides is 3. The van der Waals surface area contributed by atoms with Crippen molar-refractivity contribution in [2.45, 2.75) is 38.1 Å². The minimum absolute atomic E-state index is 0.321. The lowest BCUT2D eigenvalue weighted by Crippen LogP contribution is -2.49. The van der Waals surface area contributed by atoms with Crippen molar-refractivity contribution < 1.29 is 9.59 Å². The standard InChI is InChI=1S/C18H25N3O2/c19-18(23)20-17(22)16(14-7-2-1-3-8-14)21-11-10-13-6-4-5-9-15(13)12-21/h1-3,7-8,13,15-16H,4-6,9-12H2,(H3,19,20,22,23)/t13-,15-,16+/m1/s1. The fraction of sp³-hybridized carbons (Fsp3) is 0.556. The van der Waals surface area contributed by atoms with Crippen LogP contribution in [0.15, 0.2) is 30.3 Å². The molecule has 5 nitrogen and oxygen atoms in total. The van der Waals surface area contributed by atoms with Crippen molar-refractivity contribution in [2.75, 3.05) is 13.1 Å². The highest BCUT2D eigenvalue weighted by Crippen LogP contribution is 2.38. The molecule has 0 bridgehead atoms. The van der Waals surface area contributed by atoms with E-state index in [2.05, 4.69) is 10.2 Å². The Balaban J connectivity index is 1.80. The normalized spacial score (nSPS) is 26.1. The summed E-state index contributed by atoms with van der Waals surface area (Å²) in [6.45, 7) is 1.82. The molecule has 3 N–H and O–H groups in total. The van der Waals surface area contributed by atoms with Crippen LogP contribution in [0.1, 0.15) is 43.7 Å². The summed E-state index contributed by atoms with van der Waals surface area (Å²) in [5.41, 5.74) is 6.07. The monoisotopic (exact) mass is 315 g/mol. The van der Waals surface area contributed by atoms with Crippen molar-refractivity contribution in [2.24, 2.45) is 17.6 Å². The number of nitrogens with one attached hydrogen (secondary N) is 1. The van der Waals surface area contributed by atoms with Crippen molar-refractivity contribution in [1.82, 2.24) is 10.2 Å². The number of hydrogen-bond acceptors (Lipinski definition) is 3. The summed E-state index contributed by atoms with van der Waals surface area (Å²) in [6, 6.07) is 8.44. The largest absolute Gasteiger partial charge is 0.351 e. The molecule has 0 unspecified atom stereocenters. The van der Waals surface area contributed by atoms with Crippen molar-refractivity contribution in [3.63, 3.8) is 0 Å². The zero-order chi connectivity index (χ0) is 16.2. The van der Waals surface area contributed by atoms with E-state index >= 15 is 0 Å². The molecule has 2 fully saturated rings. The molecule has 23 heavy (non-hydrogen) atoms. The molecule has 3 amide bonds. The molecule has 3 atom stereocenters. The first-order valence-corrected chi connectivity index (χ1v) is 8.54. The van der Waals surface area contributed by atoms with E-state index in [-0.39, 0.29) is 5.91 Å². The molecular weight excluding hydrogens is 290 g/mol. The highest BCUT2D eigenvalue weighted by molar-refractivity contribution is 5.96. The van der Waals surface area contributed by atoms with Gasteiger partial charge in [0.25, 0.3) is 0 Å². The lowest BCUT2D eigenvalue weighted by molar-refractivity contribution is -0.127. The van der Waals surface area contributed by atoms with Gasteiger partial charge in [0.2, 0.25) is 5.91 Å². The molecule has 1 saturated heterocycles. The predicted octanol–water partition coefficient (Wildman–Crippen LogP) is 2.43. The number of primary amides is 1. The van der Waals surface area contributed by atoms with Gasteiger partial charge in [-0.2, -0.15) is 0 Å². The van der Waals surface area contributed by atoms with Crippen LogP contribution in [-0.4, -0.2) is 29.9 Å². The van der Waals surface area contributed by atoms with E-state index in [1.54, 1.807) is 0 Å². The number of rotatable bonds is 3. The van der Waals surface area contributed by atoms with Crippen LogP contribution in [0.5, 0.6) is 0 Å². The minimum atomic E-state index is -0.788. The molecule has 1 aromatic carbocycles. The molecule has 3 rings (SSSR count). The van der Waals surface area contributed by atoms with Crippen LogP contribution in [0.3, 0.4) is 0 Å². The topological polar surface area (TPSA) is 75.4 Å². The molecule has 2 aliphatic rings. The second-order valence-electron chi connectivity index (χ2n) is 6.75. The van der Waals surface area contributed by atoms with Gasteiger partial charge in [-0.15, -0.1) is 0 Å². The van der Waals surface area contributed by atoms with Gasteiger partial charge in [-0.05, 0) is 36.8 Å². The number of hydrogen-bond donors (Lipinski definition) is 2. The number of piperidine rings is 1. The second kappa shape index (κ2) is 7.13. The summed E-state index contributed by atoms with van der Waals surface area (Å²) in [4.78, 5) is 25.9. The molecular formula is C18H25N3O2. The van der Waals surface area contributed by atoms with Gasteiger partial charge < -0.3 is 5.73 Å². The van der Waals surface area contributed by atoms with Gasteiger partial charge in [-0.1, -0.05) is 49.6 Å². The maximum atomic E-state index is 12.6. The first-order valence-electron chi connectivity index (χ1n) is 8.54. The predicted molar refractivity (Wildman–Crippen MR) is 88.5 cm³/mol. The van der Waals surface area contributed by atoms with Crippen molar-refractivity contribution in [3.05, 3.63) is 35.9 Å². The molecule has 1 saturated carbocycles. The fourth-order valence-corrected chi connectivity index (χ4v) is 4.22. The number of carbonyl (C=O) groups is 2. The molecule has 1 aromatic rings. The van der Waals surface area contributed by atoms with Gasteiger partial charge in [0.05, 0.1) is 0 Å². The summed E-state index contributed by atoms with van der Waals surface area (Å²) in [5.74, 6) is 1.15. The quantitative estimate of drug-likeness (QED) is 0.899. The Morgan fingerprint density at radius 2 is 1.78 bits per heavy atom. The molecule has 1 aliphatic carbocycles. The van der Waals surface area contributed by atoms with Crippen molar-refractivity contribution in [3.8, 4) is 0 Å². The third-order valence-corrected chi connectivity index (χ3v) is 5.30. The molecule has 1 heterocycles. The van der Waals surface area contributed by atoms with Gasteiger partial charge in [0.1, 0.15) is 6.04 Å². The van der Waals surface area contributed by atoms with Crippen LogP contribution < -0.4 is 11.1 Å². The molecule has 0 radical (unpaired) electrons. The van der Waals surface area contributed by atoms with Crippen molar-refractivity contribution >= 4 is 11.9 Å². The zero-order valence-electron chi connectivity index (χ0n) is 13.4. The van der Waals surface area contributed by atoms with Gasteiger partial charge in [-0.3, -0.25) is 15.0 Å². The summed E-state index contributed by atoms with van der Waals surface area (Å²) in [5, 5.41) is 2.27. The maximum Gasteiger partial charge on any atom is 0.318 e. The Kier molecular flexibility index (Phi) is 4.96. The Hall–Kier alpha value is -1.88. The number of urea groups is 1. The van der Waals surface area contributed by atoms with E-state index in [1.165, 1.54) is 25.7 Å². The zero-order valence-corrected chi connectivity index (χ0v) is 13.4. The number of nitrogens with two attached hydrogens (primary N) is 1. The van der Waals surface area contributed by atoms with E-state index in [1.807, 2.05) is 30.3 Å². The Bertz CT molecular complexity index is 561. The highest BCUT2D eigenvalue weighted by Gasteiger charge is 2.37.